The SMILES string of the molecule is CCCN1CCN(C(=O)c2ccnc(OC)c2)C(Cc2cccc(-c3cccnc3)c2)C1=O. The van der Waals surface area contributed by atoms with E-state index in [1.807, 2.05) is 41.4 Å². The number of ether oxygens (including phenoxy) is 1. The van der Waals surface area contributed by atoms with Crippen LogP contribution in [0.1, 0.15) is 29.3 Å². The molecule has 0 N–H and O–H groups in total. The molecule has 4 rings (SSSR count). The summed E-state index contributed by atoms with van der Waals surface area (Å²) < 4.78 is 5.18. The summed E-state index contributed by atoms with van der Waals surface area (Å²) in [5.74, 6) is 0.176. The highest BCUT2D eigenvalue weighted by Gasteiger charge is 2.37. The Hall–Kier alpha value is -3.74. The third-order valence-electron chi connectivity index (χ3n) is 5.88. The number of rotatable bonds is 7. The van der Waals surface area contributed by atoms with Gasteiger partial charge in [-0.05, 0) is 35.2 Å². The number of methoxy groups -OCH3 is 1. The van der Waals surface area contributed by atoms with Gasteiger partial charge < -0.3 is 14.5 Å². The van der Waals surface area contributed by atoms with Gasteiger partial charge in [0.25, 0.3) is 5.91 Å². The van der Waals surface area contributed by atoms with Crippen LogP contribution in [-0.4, -0.2) is 64.4 Å². The Labute approximate surface area is 194 Å². The summed E-state index contributed by atoms with van der Waals surface area (Å²) in [5.41, 5.74) is 3.51. The minimum absolute atomic E-state index is 0.00995. The molecule has 2 aromatic heterocycles. The molecular formula is C26H28N4O3. The minimum Gasteiger partial charge on any atom is -0.481 e. The first-order valence-electron chi connectivity index (χ1n) is 11.2. The summed E-state index contributed by atoms with van der Waals surface area (Å²) in [6.07, 6.45) is 6.44. The van der Waals surface area contributed by atoms with E-state index in [1.165, 1.54) is 7.11 Å². The van der Waals surface area contributed by atoms with Crippen molar-refractivity contribution in [2.75, 3.05) is 26.7 Å². The first-order valence-corrected chi connectivity index (χ1v) is 11.2. The molecule has 1 unspecified atom stereocenters. The molecule has 33 heavy (non-hydrogen) atoms. The van der Waals surface area contributed by atoms with Crippen LogP contribution in [0.4, 0.5) is 0 Å². The van der Waals surface area contributed by atoms with E-state index in [4.69, 9.17) is 4.74 Å². The molecule has 3 heterocycles. The normalized spacial score (nSPS) is 16.1. The van der Waals surface area contributed by atoms with Gasteiger partial charge in [-0.3, -0.25) is 14.6 Å². The molecule has 0 spiro atoms. The number of amides is 2. The predicted octanol–water partition coefficient (Wildman–Crippen LogP) is 3.46. The Bertz CT molecular complexity index is 1120. The number of benzene rings is 1. The highest BCUT2D eigenvalue weighted by Crippen LogP contribution is 2.24. The third kappa shape index (κ3) is 5.03. The monoisotopic (exact) mass is 444 g/mol. The van der Waals surface area contributed by atoms with Gasteiger partial charge in [0.15, 0.2) is 0 Å². The van der Waals surface area contributed by atoms with Crippen LogP contribution in [0, 0.1) is 0 Å². The number of piperazine rings is 1. The number of pyridine rings is 2. The zero-order chi connectivity index (χ0) is 23.2. The molecule has 170 valence electrons. The van der Waals surface area contributed by atoms with Gasteiger partial charge in [-0.15, -0.1) is 0 Å². The molecule has 7 nitrogen and oxygen atoms in total. The van der Waals surface area contributed by atoms with Crippen LogP contribution in [0.2, 0.25) is 0 Å². The average Bonchev–Trinajstić information content (AvgIpc) is 2.87. The molecule has 1 saturated heterocycles. The molecule has 1 fully saturated rings. The number of carbonyl (C=O) groups excluding carboxylic acids is 2. The van der Waals surface area contributed by atoms with Crippen LogP contribution >= 0.6 is 0 Å². The largest absolute Gasteiger partial charge is 0.481 e. The van der Waals surface area contributed by atoms with E-state index in [-0.39, 0.29) is 11.8 Å². The van der Waals surface area contributed by atoms with Gasteiger partial charge in [0.05, 0.1) is 7.11 Å². The average molecular weight is 445 g/mol. The maximum Gasteiger partial charge on any atom is 0.254 e. The maximum atomic E-state index is 13.4. The van der Waals surface area contributed by atoms with Crippen LogP contribution in [0.15, 0.2) is 67.1 Å². The molecule has 0 aliphatic carbocycles. The molecule has 1 aliphatic rings. The van der Waals surface area contributed by atoms with Gasteiger partial charge in [0, 0.05) is 56.3 Å². The molecule has 0 radical (unpaired) electrons. The molecule has 0 bridgehead atoms. The van der Waals surface area contributed by atoms with Crippen LogP contribution in [-0.2, 0) is 11.2 Å². The fraction of sp³-hybridized carbons (Fsp3) is 0.308. The van der Waals surface area contributed by atoms with Gasteiger partial charge in [-0.1, -0.05) is 37.3 Å². The fourth-order valence-corrected chi connectivity index (χ4v) is 4.23. The molecule has 3 aromatic rings. The van der Waals surface area contributed by atoms with Gasteiger partial charge in [-0.25, -0.2) is 4.98 Å². The zero-order valence-electron chi connectivity index (χ0n) is 19.0. The summed E-state index contributed by atoms with van der Waals surface area (Å²) in [7, 11) is 1.52. The predicted molar refractivity (Wildman–Crippen MR) is 126 cm³/mol. The van der Waals surface area contributed by atoms with Crippen molar-refractivity contribution in [1.29, 1.82) is 0 Å². The summed E-state index contributed by atoms with van der Waals surface area (Å²) in [4.78, 5) is 38.7. The smallest absolute Gasteiger partial charge is 0.254 e. The second-order valence-electron chi connectivity index (χ2n) is 8.07. The number of carbonyl (C=O) groups is 2. The minimum atomic E-state index is -0.568. The molecule has 2 amide bonds. The molecular weight excluding hydrogens is 416 g/mol. The molecule has 1 aliphatic heterocycles. The van der Waals surface area contributed by atoms with Crippen molar-refractivity contribution in [3.05, 3.63) is 78.2 Å². The lowest BCUT2D eigenvalue weighted by Gasteiger charge is -2.41. The second kappa shape index (κ2) is 10.3. The Morgan fingerprint density at radius 1 is 1.09 bits per heavy atom. The lowest BCUT2D eigenvalue weighted by Crippen LogP contribution is -2.59. The Morgan fingerprint density at radius 3 is 2.70 bits per heavy atom. The van der Waals surface area contributed by atoms with E-state index in [2.05, 4.69) is 23.0 Å². The fourth-order valence-electron chi connectivity index (χ4n) is 4.23. The first kappa shape index (κ1) is 22.5. The van der Waals surface area contributed by atoms with Gasteiger partial charge in [0.2, 0.25) is 11.8 Å². The van der Waals surface area contributed by atoms with Crippen molar-refractivity contribution in [2.24, 2.45) is 0 Å². The van der Waals surface area contributed by atoms with Gasteiger partial charge in [0.1, 0.15) is 6.04 Å². The van der Waals surface area contributed by atoms with E-state index in [9.17, 15) is 9.59 Å². The second-order valence-corrected chi connectivity index (χ2v) is 8.07. The van der Waals surface area contributed by atoms with E-state index >= 15 is 0 Å². The van der Waals surface area contributed by atoms with Crippen LogP contribution in [0.3, 0.4) is 0 Å². The highest BCUT2D eigenvalue weighted by atomic mass is 16.5. The number of aromatic nitrogens is 2. The van der Waals surface area contributed by atoms with Gasteiger partial charge >= 0.3 is 0 Å². The van der Waals surface area contributed by atoms with Crippen molar-refractivity contribution in [2.45, 2.75) is 25.8 Å². The van der Waals surface area contributed by atoms with Crippen molar-refractivity contribution in [3.63, 3.8) is 0 Å². The number of hydrogen-bond acceptors (Lipinski definition) is 5. The first-order chi connectivity index (χ1) is 16.1. The standard InChI is InChI=1S/C26H28N4O3/c1-3-12-29-13-14-30(25(31)21-9-11-28-24(17-21)33-2)23(26(29)32)16-19-6-4-7-20(15-19)22-8-5-10-27-18-22/h4-11,15,17-18,23H,3,12-14,16H2,1-2H3. The highest BCUT2D eigenvalue weighted by molar-refractivity contribution is 5.98. The topological polar surface area (TPSA) is 75.6 Å². The zero-order valence-corrected chi connectivity index (χ0v) is 19.0. The Kier molecular flexibility index (Phi) is 6.98. The van der Waals surface area contributed by atoms with Crippen molar-refractivity contribution in [3.8, 4) is 17.0 Å². The Morgan fingerprint density at radius 2 is 1.94 bits per heavy atom. The van der Waals surface area contributed by atoms with Gasteiger partial charge in [-0.2, -0.15) is 0 Å². The summed E-state index contributed by atoms with van der Waals surface area (Å²) in [5, 5.41) is 0. The molecule has 1 atom stereocenters. The lowest BCUT2D eigenvalue weighted by atomic mass is 9.97. The third-order valence-corrected chi connectivity index (χ3v) is 5.88. The van der Waals surface area contributed by atoms with Crippen LogP contribution in [0.5, 0.6) is 5.88 Å². The van der Waals surface area contributed by atoms with Crippen molar-refractivity contribution >= 4 is 11.8 Å². The van der Waals surface area contributed by atoms with E-state index < -0.39 is 6.04 Å². The Balaban J connectivity index is 1.63. The molecule has 0 saturated carbocycles. The quantitative estimate of drug-likeness (QED) is 0.558. The number of nitrogens with zero attached hydrogens (tertiary/aromatic N) is 4. The molecule has 1 aromatic carbocycles. The van der Waals surface area contributed by atoms with E-state index in [0.717, 1.165) is 23.1 Å². The summed E-state index contributed by atoms with van der Waals surface area (Å²) in [6.45, 7) is 3.77. The number of hydrogen-bond donors (Lipinski definition) is 0. The van der Waals surface area contributed by atoms with Crippen molar-refractivity contribution < 1.29 is 14.3 Å². The summed E-state index contributed by atoms with van der Waals surface area (Å²) in [6, 6.07) is 14.7. The maximum absolute atomic E-state index is 13.4. The lowest BCUT2D eigenvalue weighted by molar-refractivity contribution is -0.140. The van der Waals surface area contributed by atoms with Crippen molar-refractivity contribution in [1.82, 2.24) is 19.8 Å². The van der Waals surface area contributed by atoms with E-state index in [0.29, 0.717) is 37.5 Å². The van der Waals surface area contributed by atoms with Crippen LogP contribution < -0.4 is 4.74 Å². The molecule has 7 heteroatoms. The van der Waals surface area contributed by atoms with Crippen LogP contribution in [0.25, 0.3) is 11.1 Å². The van der Waals surface area contributed by atoms with E-state index in [1.54, 1.807) is 29.4 Å². The summed E-state index contributed by atoms with van der Waals surface area (Å²) >= 11 is 0.